The maximum absolute atomic E-state index is 11.6. The highest BCUT2D eigenvalue weighted by Crippen LogP contribution is 2.34. The van der Waals surface area contributed by atoms with E-state index in [1.54, 1.807) is 22.9 Å². The Bertz CT molecular complexity index is 973. The Hall–Kier alpha value is -3.07. The first-order valence-corrected chi connectivity index (χ1v) is 9.31. The van der Waals surface area contributed by atoms with Crippen LogP contribution in [0.5, 0.6) is 0 Å². The van der Waals surface area contributed by atoms with E-state index in [4.69, 9.17) is 27.0 Å². The summed E-state index contributed by atoms with van der Waals surface area (Å²) in [6.45, 7) is 0.784. The fourth-order valence-corrected chi connectivity index (χ4v) is 3.74. The molecule has 0 aliphatic carbocycles. The van der Waals surface area contributed by atoms with Crippen LogP contribution in [0, 0.1) is 11.3 Å². The molecule has 1 aromatic carbocycles. The second-order valence-corrected chi connectivity index (χ2v) is 7.04. The summed E-state index contributed by atoms with van der Waals surface area (Å²) in [6, 6.07) is 8.79. The summed E-state index contributed by atoms with van der Waals surface area (Å²) < 4.78 is 18.1. The molecule has 11 heteroatoms. The molecule has 2 N–H and O–H groups in total. The van der Waals surface area contributed by atoms with Crippen LogP contribution in [-0.4, -0.2) is 64.6 Å². The maximum atomic E-state index is 11.6. The lowest BCUT2D eigenvalue weighted by Crippen LogP contribution is -2.45. The molecule has 0 spiro atoms. The van der Waals surface area contributed by atoms with Gasteiger partial charge in [0.1, 0.15) is 18.2 Å². The molecule has 2 fully saturated rings. The smallest absolute Gasteiger partial charge is 0.360 e. The van der Waals surface area contributed by atoms with Crippen LogP contribution in [0.2, 0.25) is 0 Å². The van der Waals surface area contributed by atoms with Crippen molar-refractivity contribution in [3.05, 3.63) is 41.7 Å². The number of hydrogen-bond donors (Lipinski definition) is 2. The average molecular weight is 414 g/mol. The number of aromatic nitrogens is 3. The van der Waals surface area contributed by atoms with Crippen molar-refractivity contribution in [1.29, 1.82) is 5.26 Å². The van der Waals surface area contributed by atoms with Crippen LogP contribution in [0.3, 0.4) is 0 Å². The summed E-state index contributed by atoms with van der Waals surface area (Å²) in [5, 5.41) is 23.5. The molecule has 150 valence electrons. The number of ether oxygens (including phenoxy) is 3. The minimum Gasteiger partial charge on any atom is -0.464 e. The van der Waals surface area contributed by atoms with Crippen LogP contribution in [0.4, 0.5) is 5.69 Å². The Morgan fingerprint density at radius 3 is 3.00 bits per heavy atom. The number of rotatable bonds is 4. The van der Waals surface area contributed by atoms with Gasteiger partial charge in [-0.1, -0.05) is 11.3 Å². The second-order valence-electron chi connectivity index (χ2n) is 6.64. The molecule has 10 nitrogen and oxygen atoms in total. The predicted molar refractivity (Wildman–Crippen MR) is 104 cm³/mol. The summed E-state index contributed by atoms with van der Waals surface area (Å²) in [5.41, 5.74) is 1.40. The molecule has 3 heterocycles. The zero-order chi connectivity index (χ0) is 20.4. The van der Waals surface area contributed by atoms with Gasteiger partial charge in [-0.05, 0) is 30.4 Å². The Kier molecular flexibility index (Phi) is 5.39. The summed E-state index contributed by atoms with van der Waals surface area (Å²) >= 11 is 5.39. The van der Waals surface area contributed by atoms with Gasteiger partial charge < -0.3 is 24.8 Å². The number of fused-ring (bicyclic) bond motifs is 1. The van der Waals surface area contributed by atoms with Crippen LogP contribution in [-0.2, 0) is 14.2 Å². The van der Waals surface area contributed by atoms with E-state index in [1.807, 2.05) is 6.07 Å². The van der Waals surface area contributed by atoms with E-state index < -0.39 is 5.97 Å². The van der Waals surface area contributed by atoms with E-state index in [9.17, 15) is 4.79 Å². The van der Waals surface area contributed by atoms with Gasteiger partial charge in [-0.2, -0.15) is 5.26 Å². The number of thiocarbonyl (C=S) groups is 1. The molecule has 0 unspecified atom stereocenters. The highest BCUT2D eigenvalue weighted by atomic mass is 32.1. The standard InChI is InChI=1S/C18H18N6O4S/c1-26-17(25)12-7-24(23-22-12)14-9-28-15-13(8-27-16(14)15)21-18(29)20-11-4-2-3-10(5-11)6-19/h2-5,7,13-16H,8-9H2,1H3,(H2,20,21,29)/t13-,14-,15+,16+/m0/s1. The normalized spacial score (nSPS) is 25.1. The third kappa shape index (κ3) is 3.91. The Morgan fingerprint density at radius 2 is 2.21 bits per heavy atom. The molecule has 2 aromatic rings. The monoisotopic (exact) mass is 414 g/mol. The van der Waals surface area contributed by atoms with Gasteiger partial charge in [0.05, 0.1) is 44.2 Å². The molecule has 4 atom stereocenters. The lowest BCUT2D eigenvalue weighted by atomic mass is 10.1. The van der Waals surface area contributed by atoms with E-state index in [2.05, 4.69) is 31.8 Å². The highest BCUT2D eigenvalue weighted by molar-refractivity contribution is 7.80. The van der Waals surface area contributed by atoms with Crippen LogP contribution in [0.1, 0.15) is 22.1 Å². The first-order valence-electron chi connectivity index (χ1n) is 8.90. The van der Waals surface area contributed by atoms with Crippen LogP contribution in [0.25, 0.3) is 0 Å². The zero-order valence-corrected chi connectivity index (χ0v) is 16.3. The van der Waals surface area contributed by atoms with Gasteiger partial charge in [-0.25, -0.2) is 9.48 Å². The topological polar surface area (TPSA) is 123 Å². The molecule has 2 saturated heterocycles. The molecular formula is C18H18N6O4S. The highest BCUT2D eigenvalue weighted by Gasteiger charge is 2.49. The van der Waals surface area contributed by atoms with Crippen molar-refractivity contribution in [1.82, 2.24) is 20.3 Å². The zero-order valence-electron chi connectivity index (χ0n) is 15.4. The van der Waals surface area contributed by atoms with Crippen molar-refractivity contribution >= 4 is 29.0 Å². The van der Waals surface area contributed by atoms with Crippen molar-refractivity contribution in [3.8, 4) is 6.07 Å². The Labute approximate surface area is 171 Å². The summed E-state index contributed by atoms with van der Waals surface area (Å²) in [7, 11) is 1.29. The molecule has 2 aliphatic heterocycles. The van der Waals surface area contributed by atoms with Crippen LogP contribution >= 0.6 is 12.2 Å². The first kappa shape index (κ1) is 19.3. The molecule has 29 heavy (non-hydrogen) atoms. The predicted octanol–water partition coefficient (Wildman–Crippen LogP) is 0.630. The number of nitrogens with zero attached hydrogens (tertiary/aromatic N) is 4. The fraction of sp³-hybridized carbons (Fsp3) is 0.389. The second kappa shape index (κ2) is 8.12. The van der Waals surface area contributed by atoms with E-state index >= 15 is 0 Å². The summed E-state index contributed by atoms with van der Waals surface area (Å²) in [5.74, 6) is -0.546. The van der Waals surface area contributed by atoms with E-state index in [1.165, 1.54) is 13.3 Å². The molecule has 2 aliphatic rings. The Balaban J connectivity index is 1.37. The number of methoxy groups -OCH3 is 1. The maximum Gasteiger partial charge on any atom is 0.360 e. The minimum absolute atomic E-state index is 0.133. The van der Waals surface area contributed by atoms with Crippen molar-refractivity contribution in [3.63, 3.8) is 0 Å². The van der Waals surface area contributed by atoms with Gasteiger partial charge in [0, 0.05) is 5.69 Å². The SMILES string of the molecule is COC(=O)c1cn([C@H]2CO[C@H]3[C@@H]2OC[C@@H]3NC(=S)Nc2cccc(C#N)c2)nn1. The van der Waals surface area contributed by atoms with E-state index in [0.29, 0.717) is 23.9 Å². The number of nitrogens with one attached hydrogen (secondary N) is 2. The minimum atomic E-state index is -0.546. The van der Waals surface area contributed by atoms with Gasteiger partial charge in [0.25, 0.3) is 0 Å². The third-order valence-corrected chi connectivity index (χ3v) is 5.06. The quantitative estimate of drug-likeness (QED) is 0.544. The molecular weight excluding hydrogens is 396 g/mol. The lowest BCUT2D eigenvalue weighted by Gasteiger charge is -2.20. The lowest BCUT2D eigenvalue weighted by molar-refractivity contribution is 0.0592. The third-order valence-electron chi connectivity index (χ3n) is 4.84. The number of hydrogen-bond acceptors (Lipinski definition) is 8. The van der Waals surface area contributed by atoms with E-state index in [0.717, 1.165) is 5.69 Å². The van der Waals surface area contributed by atoms with Crippen LogP contribution < -0.4 is 10.6 Å². The van der Waals surface area contributed by atoms with Gasteiger partial charge in [-0.3, -0.25) is 0 Å². The number of nitriles is 1. The molecule has 0 amide bonds. The van der Waals surface area contributed by atoms with Crippen molar-refractivity contribution in [2.24, 2.45) is 0 Å². The van der Waals surface area contributed by atoms with Gasteiger partial charge in [0.2, 0.25) is 0 Å². The average Bonchev–Trinajstić information content (AvgIpc) is 3.45. The first-order chi connectivity index (χ1) is 14.1. The number of esters is 1. The Morgan fingerprint density at radius 1 is 1.38 bits per heavy atom. The van der Waals surface area contributed by atoms with Crippen molar-refractivity contribution in [2.75, 3.05) is 25.6 Å². The number of benzene rings is 1. The van der Waals surface area contributed by atoms with Crippen molar-refractivity contribution in [2.45, 2.75) is 24.3 Å². The number of anilines is 1. The molecule has 1 aromatic heterocycles. The van der Waals surface area contributed by atoms with E-state index in [-0.39, 0.29) is 30.0 Å². The molecule has 0 bridgehead atoms. The van der Waals surface area contributed by atoms with Crippen LogP contribution in [0.15, 0.2) is 30.5 Å². The largest absolute Gasteiger partial charge is 0.464 e. The summed E-state index contributed by atoms with van der Waals surface area (Å²) in [4.78, 5) is 11.6. The van der Waals surface area contributed by atoms with Gasteiger partial charge in [0.15, 0.2) is 10.8 Å². The number of carbonyl (C=O) groups excluding carboxylic acids is 1. The van der Waals surface area contributed by atoms with Gasteiger partial charge in [-0.15, -0.1) is 5.10 Å². The fourth-order valence-electron chi connectivity index (χ4n) is 3.47. The molecule has 0 radical (unpaired) electrons. The summed E-state index contributed by atoms with van der Waals surface area (Å²) in [6.07, 6.45) is 1.06. The molecule has 4 rings (SSSR count). The van der Waals surface area contributed by atoms with Gasteiger partial charge >= 0.3 is 5.97 Å². The number of carbonyl (C=O) groups is 1. The van der Waals surface area contributed by atoms with Crippen molar-refractivity contribution < 1.29 is 19.0 Å². The molecule has 0 saturated carbocycles.